The van der Waals surface area contributed by atoms with Gasteiger partial charge in [0.2, 0.25) is 5.91 Å². The maximum absolute atomic E-state index is 12.0. The summed E-state index contributed by atoms with van der Waals surface area (Å²) >= 11 is 1.42. The number of hydrogen-bond acceptors (Lipinski definition) is 4. The van der Waals surface area contributed by atoms with Crippen molar-refractivity contribution in [2.45, 2.75) is 47.1 Å². The number of amides is 1. The molecule has 1 aliphatic heterocycles. The van der Waals surface area contributed by atoms with Crippen molar-refractivity contribution in [3.63, 3.8) is 0 Å². The van der Waals surface area contributed by atoms with Gasteiger partial charge in [-0.3, -0.25) is 9.59 Å². The van der Waals surface area contributed by atoms with Gasteiger partial charge in [0.05, 0.1) is 23.0 Å². The summed E-state index contributed by atoms with van der Waals surface area (Å²) in [7, 11) is 0. The lowest BCUT2D eigenvalue weighted by Gasteiger charge is -2.23. The topological polar surface area (TPSA) is 46.6 Å². The molecule has 0 radical (unpaired) electrons. The van der Waals surface area contributed by atoms with Gasteiger partial charge >= 0.3 is 0 Å². The van der Waals surface area contributed by atoms with Crippen molar-refractivity contribution < 1.29 is 14.3 Å². The molecular formula is C15H25NO3S. The molecule has 1 aliphatic rings. The minimum Gasteiger partial charge on any atom is -0.374 e. The van der Waals surface area contributed by atoms with Gasteiger partial charge in [0.1, 0.15) is 0 Å². The third-order valence-electron chi connectivity index (χ3n) is 2.75. The van der Waals surface area contributed by atoms with Gasteiger partial charge in [-0.15, -0.1) is 0 Å². The van der Waals surface area contributed by atoms with Crippen molar-refractivity contribution >= 4 is 23.5 Å². The van der Waals surface area contributed by atoms with E-state index in [9.17, 15) is 9.59 Å². The second-order valence-corrected chi connectivity index (χ2v) is 7.89. The molecule has 4 nitrogen and oxygen atoms in total. The zero-order valence-electron chi connectivity index (χ0n) is 13.3. The van der Waals surface area contributed by atoms with Gasteiger partial charge in [0.15, 0.2) is 5.78 Å². The molecule has 1 amide bonds. The zero-order valence-corrected chi connectivity index (χ0v) is 14.1. The highest BCUT2D eigenvalue weighted by Gasteiger charge is 2.29. The SMILES string of the molecule is CC(C)(C)OCCN1C(=O)CSC1=CC(=O)C(C)(C)C. The van der Waals surface area contributed by atoms with E-state index in [1.54, 1.807) is 11.0 Å². The third-order valence-corrected chi connectivity index (χ3v) is 3.78. The molecule has 20 heavy (non-hydrogen) atoms. The highest BCUT2D eigenvalue weighted by atomic mass is 32.2. The van der Waals surface area contributed by atoms with E-state index in [0.29, 0.717) is 18.9 Å². The molecule has 0 aromatic heterocycles. The van der Waals surface area contributed by atoms with E-state index in [1.165, 1.54) is 11.8 Å². The summed E-state index contributed by atoms with van der Waals surface area (Å²) in [5, 5.41) is 0.743. The van der Waals surface area contributed by atoms with Crippen LogP contribution < -0.4 is 0 Å². The van der Waals surface area contributed by atoms with Crippen molar-refractivity contribution in [3.8, 4) is 0 Å². The van der Waals surface area contributed by atoms with Crippen LogP contribution in [0.5, 0.6) is 0 Å². The molecule has 1 heterocycles. The van der Waals surface area contributed by atoms with Gasteiger partial charge in [-0.25, -0.2) is 0 Å². The van der Waals surface area contributed by atoms with Gasteiger partial charge in [-0.05, 0) is 20.8 Å². The highest BCUT2D eigenvalue weighted by molar-refractivity contribution is 8.04. The largest absolute Gasteiger partial charge is 0.374 e. The molecule has 0 N–H and O–H groups in total. The quantitative estimate of drug-likeness (QED) is 0.749. The first-order chi connectivity index (χ1) is 9.00. The Balaban J connectivity index is 2.69. The number of allylic oxidation sites excluding steroid dienone is 1. The number of thioether (sulfide) groups is 1. The van der Waals surface area contributed by atoms with Crippen LogP contribution in [-0.2, 0) is 14.3 Å². The average Bonchev–Trinajstić information content (AvgIpc) is 2.58. The Hall–Kier alpha value is -0.810. The lowest BCUT2D eigenvalue weighted by molar-refractivity contribution is -0.126. The van der Waals surface area contributed by atoms with Crippen LogP contribution in [0.3, 0.4) is 0 Å². The Morgan fingerprint density at radius 1 is 1.30 bits per heavy atom. The number of hydrogen-bond donors (Lipinski definition) is 0. The molecule has 0 saturated carbocycles. The van der Waals surface area contributed by atoms with E-state index in [-0.39, 0.29) is 17.3 Å². The fourth-order valence-corrected chi connectivity index (χ4v) is 2.51. The smallest absolute Gasteiger partial charge is 0.237 e. The van der Waals surface area contributed by atoms with Gasteiger partial charge in [-0.2, -0.15) is 0 Å². The van der Waals surface area contributed by atoms with Crippen LogP contribution in [0.15, 0.2) is 11.1 Å². The van der Waals surface area contributed by atoms with Gasteiger partial charge in [0.25, 0.3) is 0 Å². The Kier molecular flexibility index (Phi) is 5.44. The zero-order chi connectivity index (χ0) is 15.6. The van der Waals surface area contributed by atoms with Crippen molar-refractivity contribution in [1.82, 2.24) is 4.90 Å². The fraction of sp³-hybridized carbons (Fsp3) is 0.733. The summed E-state index contributed by atoms with van der Waals surface area (Å²) in [6, 6.07) is 0. The molecule has 0 spiro atoms. The van der Waals surface area contributed by atoms with Gasteiger partial charge in [0, 0.05) is 18.0 Å². The number of ketones is 1. The van der Waals surface area contributed by atoms with Crippen molar-refractivity contribution in [2.75, 3.05) is 18.9 Å². The summed E-state index contributed by atoms with van der Waals surface area (Å²) in [5.74, 6) is 0.482. The molecule has 5 heteroatoms. The highest BCUT2D eigenvalue weighted by Crippen LogP contribution is 2.30. The molecular weight excluding hydrogens is 274 g/mol. The first kappa shape index (κ1) is 17.2. The number of carbonyl (C=O) groups is 2. The van der Waals surface area contributed by atoms with Crippen LogP contribution in [-0.4, -0.2) is 41.1 Å². The monoisotopic (exact) mass is 299 g/mol. The van der Waals surface area contributed by atoms with E-state index >= 15 is 0 Å². The normalized spacial score (nSPS) is 19.0. The summed E-state index contributed by atoms with van der Waals surface area (Å²) in [4.78, 5) is 25.6. The lowest BCUT2D eigenvalue weighted by atomic mass is 9.91. The number of rotatable bonds is 4. The molecule has 114 valence electrons. The predicted octanol–water partition coefficient (Wildman–Crippen LogP) is 2.83. The summed E-state index contributed by atoms with van der Waals surface area (Å²) in [5.41, 5.74) is -0.645. The van der Waals surface area contributed by atoms with Crippen LogP contribution in [0.1, 0.15) is 41.5 Å². The minimum absolute atomic E-state index is 0.0384. The number of ether oxygens (including phenoxy) is 1. The van der Waals surface area contributed by atoms with E-state index in [0.717, 1.165) is 5.03 Å². The molecule has 0 aliphatic carbocycles. The molecule has 1 saturated heterocycles. The molecule has 1 rings (SSSR count). The minimum atomic E-state index is -0.424. The van der Waals surface area contributed by atoms with Gasteiger partial charge < -0.3 is 9.64 Å². The van der Waals surface area contributed by atoms with Crippen molar-refractivity contribution in [1.29, 1.82) is 0 Å². The summed E-state index contributed by atoms with van der Waals surface area (Å²) in [6.07, 6.45) is 1.59. The molecule has 0 unspecified atom stereocenters. The van der Waals surface area contributed by atoms with Crippen molar-refractivity contribution in [2.24, 2.45) is 5.41 Å². The first-order valence-corrected chi connectivity index (χ1v) is 7.82. The Morgan fingerprint density at radius 3 is 2.40 bits per heavy atom. The van der Waals surface area contributed by atoms with E-state index < -0.39 is 5.41 Å². The summed E-state index contributed by atoms with van der Waals surface area (Å²) in [6.45, 7) is 12.5. The predicted molar refractivity (Wildman–Crippen MR) is 82.4 cm³/mol. The van der Waals surface area contributed by atoms with Crippen LogP contribution >= 0.6 is 11.8 Å². The average molecular weight is 299 g/mol. The second-order valence-electron chi connectivity index (χ2n) is 6.89. The van der Waals surface area contributed by atoms with E-state index in [1.807, 2.05) is 41.5 Å². The molecule has 0 aromatic rings. The lowest BCUT2D eigenvalue weighted by Crippen LogP contribution is -2.32. The standard InChI is InChI=1S/C15H25NO3S/c1-14(2,3)11(17)9-13-16(12(18)10-20-13)7-8-19-15(4,5)6/h9H,7-8,10H2,1-6H3. The van der Waals surface area contributed by atoms with E-state index in [2.05, 4.69) is 0 Å². The fourth-order valence-electron chi connectivity index (χ4n) is 1.54. The maximum atomic E-state index is 12.0. The van der Waals surface area contributed by atoms with E-state index in [4.69, 9.17) is 4.74 Å². The van der Waals surface area contributed by atoms with Crippen LogP contribution in [0.25, 0.3) is 0 Å². The third kappa shape index (κ3) is 5.29. The van der Waals surface area contributed by atoms with Crippen LogP contribution in [0.4, 0.5) is 0 Å². The van der Waals surface area contributed by atoms with Crippen LogP contribution in [0.2, 0.25) is 0 Å². The first-order valence-electron chi connectivity index (χ1n) is 6.84. The number of nitrogens with zero attached hydrogens (tertiary/aromatic N) is 1. The summed E-state index contributed by atoms with van der Waals surface area (Å²) < 4.78 is 5.64. The molecule has 0 aromatic carbocycles. The van der Waals surface area contributed by atoms with Crippen LogP contribution in [0, 0.1) is 5.41 Å². The molecule has 1 fully saturated rings. The molecule has 0 bridgehead atoms. The van der Waals surface area contributed by atoms with Gasteiger partial charge in [-0.1, -0.05) is 32.5 Å². The van der Waals surface area contributed by atoms with Crippen molar-refractivity contribution in [3.05, 3.63) is 11.1 Å². The molecule has 0 atom stereocenters. The Bertz CT molecular complexity index is 416. The second kappa shape index (κ2) is 6.31. The Labute approximate surface area is 125 Å². The maximum Gasteiger partial charge on any atom is 0.237 e. The Morgan fingerprint density at radius 2 is 1.90 bits per heavy atom. The number of carbonyl (C=O) groups excluding carboxylic acids is 2.